The molecule has 0 spiro atoms. The van der Waals surface area contributed by atoms with Gasteiger partial charge < -0.3 is 14.7 Å². The van der Waals surface area contributed by atoms with Crippen LogP contribution < -0.4 is 4.90 Å². The lowest BCUT2D eigenvalue weighted by Crippen LogP contribution is -2.43. The number of esters is 1. The van der Waals surface area contributed by atoms with Gasteiger partial charge >= 0.3 is 5.97 Å². The molecule has 1 atom stereocenters. The zero-order valence-corrected chi connectivity index (χ0v) is 17.1. The Balaban J connectivity index is 1.76. The molecule has 1 amide bonds. The summed E-state index contributed by atoms with van der Waals surface area (Å²) in [5, 5.41) is 9.80. The molecule has 148 valence electrons. The number of amides is 1. The van der Waals surface area contributed by atoms with Gasteiger partial charge in [-0.15, -0.1) is 0 Å². The monoisotopic (exact) mass is 467 g/mol. The Bertz CT molecular complexity index is 993. The van der Waals surface area contributed by atoms with Crippen LogP contribution in [0.3, 0.4) is 0 Å². The first kappa shape index (κ1) is 20.3. The highest BCUT2D eigenvalue weighted by Crippen LogP contribution is 2.25. The number of halogens is 1. The fourth-order valence-electron chi connectivity index (χ4n) is 3.07. The lowest BCUT2D eigenvalue weighted by atomic mass is 10.2. The molecule has 1 fully saturated rings. The number of sulfone groups is 1. The van der Waals surface area contributed by atoms with E-state index in [1.165, 1.54) is 17.0 Å². The summed E-state index contributed by atoms with van der Waals surface area (Å²) in [6.07, 6.45) is 0.323. The molecule has 2 aromatic carbocycles. The van der Waals surface area contributed by atoms with E-state index >= 15 is 0 Å². The molecule has 0 aliphatic carbocycles. The Labute approximate surface area is 171 Å². The van der Waals surface area contributed by atoms with Crippen LogP contribution in [0.1, 0.15) is 16.8 Å². The average molecular weight is 468 g/mol. The number of carbonyl (C=O) groups excluding carboxylic acids is 2. The Hall–Kier alpha value is -2.39. The van der Waals surface area contributed by atoms with E-state index in [0.717, 1.165) is 0 Å². The molecule has 1 saturated heterocycles. The number of carbonyl (C=O) groups is 2. The van der Waals surface area contributed by atoms with Gasteiger partial charge in [-0.1, -0.05) is 34.1 Å². The maximum Gasteiger partial charge on any atom is 0.342 e. The molecule has 3 rings (SSSR count). The van der Waals surface area contributed by atoms with Crippen LogP contribution in [0.5, 0.6) is 5.75 Å². The van der Waals surface area contributed by atoms with Crippen molar-refractivity contribution < 1.29 is 27.9 Å². The minimum Gasteiger partial charge on any atom is -0.507 e. The van der Waals surface area contributed by atoms with Crippen molar-refractivity contribution in [2.75, 3.05) is 23.0 Å². The quantitative estimate of drug-likeness (QED) is 0.677. The smallest absolute Gasteiger partial charge is 0.342 e. The van der Waals surface area contributed by atoms with Gasteiger partial charge in [0.1, 0.15) is 11.3 Å². The summed E-state index contributed by atoms with van der Waals surface area (Å²) in [5.74, 6) is -1.76. The van der Waals surface area contributed by atoms with Gasteiger partial charge in [-0.05, 0) is 36.8 Å². The summed E-state index contributed by atoms with van der Waals surface area (Å²) in [4.78, 5) is 26.4. The summed E-state index contributed by atoms with van der Waals surface area (Å²) in [7, 11) is -3.21. The predicted octanol–water partition coefficient (Wildman–Crippen LogP) is 2.53. The number of phenolic OH excluding ortho intramolecular Hbond substituents is 1. The molecule has 0 saturated carbocycles. The van der Waals surface area contributed by atoms with Crippen molar-refractivity contribution in [2.45, 2.75) is 12.5 Å². The number of phenols is 1. The van der Waals surface area contributed by atoms with Crippen LogP contribution in [0.2, 0.25) is 0 Å². The van der Waals surface area contributed by atoms with Crippen molar-refractivity contribution in [3.8, 4) is 5.75 Å². The third-order valence-electron chi connectivity index (χ3n) is 4.38. The first-order valence-corrected chi connectivity index (χ1v) is 11.1. The van der Waals surface area contributed by atoms with E-state index in [-0.39, 0.29) is 22.8 Å². The van der Waals surface area contributed by atoms with Gasteiger partial charge in [0.25, 0.3) is 5.91 Å². The lowest BCUT2D eigenvalue weighted by molar-refractivity contribution is -0.122. The normalized spacial score (nSPS) is 17.8. The molecule has 0 aromatic heterocycles. The van der Waals surface area contributed by atoms with E-state index in [1.54, 1.807) is 36.4 Å². The van der Waals surface area contributed by atoms with Gasteiger partial charge in [0.15, 0.2) is 16.4 Å². The summed E-state index contributed by atoms with van der Waals surface area (Å²) in [6.45, 7) is -0.573. The van der Waals surface area contributed by atoms with Gasteiger partial charge in [0.05, 0.1) is 17.5 Å². The second kappa shape index (κ2) is 8.32. The topological polar surface area (TPSA) is 101 Å². The van der Waals surface area contributed by atoms with Crippen molar-refractivity contribution in [1.29, 1.82) is 0 Å². The van der Waals surface area contributed by atoms with Crippen LogP contribution in [-0.4, -0.2) is 49.6 Å². The first-order chi connectivity index (χ1) is 13.3. The third-order valence-corrected chi connectivity index (χ3v) is 6.63. The van der Waals surface area contributed by atoms with Crippen LogP contribution in [0.25, 0.3) is 0 Å². The minimum absolute atomic E-state index is 0.0139. The molecule has 0 unspecified atom stereocenters. The average Bonchev–Trinajstić information content (AvgIpc) is 3.02. The Morgan fingerprint density at radius 3 is 2.54 bits per heavy atom. The Morgan fingerprint density at radius 1 is 1.18 bits per heavy atom. The Morgan fingerprint density at radius 2 is 1.89 bits per heavy atom. The summed E-state index contributed by atoms with van der Waals surface area (Å²) >= 11 is 3.20. The van der Waals surface area contributed by atoms with Gasteiger partial charge in [-0.25, -0.2) is 13.2 Å². The fraction of sp³-hybridized carbons (Fsp3) is 0.263. The molecule has 1 aliphatic heterocycles. The summed E-state index contributed by atoms with van der Waals surface area (Å²) in [5.41, 5.74) is 0.466. The van der Waals surface area contributed by atoms with Gasteiger partial charge in [-0.2, -0.15) is 0 Å². The van der Waals surface area contributed by atoms with Crippen molar-refractivity contribution in [3.05, 3.63) is 58.6 Å². The maximum absolute atomic E-state index is 12.8. The maximum atomic E-state index is 12.8. The molecular weight excluding hydrogens is 450 g/mol. The number of rotatable bonds is 5. The third kappa shape index (κ3) is 4.71. The number of ether oxygens (including phenoxy) is 1. The predicted molar refractivity (Wildman–Crippen MR) is 107 cm³/mol. The van der Waals surface area contributed by atoms with Crippen LogP contribution in [0.15, 0.2) is 53.0 Å². The molecule has 28 heavy (non-hydrogen) atoms. The molecule has 0 radical (unpaired) electrons. The van der Waals surface area contributed by atoms with Crippen molar-refractivity contribution >= 4 is 43.3 Å². The molecule has 2 aromatic rings. The second-order valence-corrected chi connectivity index (χ2v) is 9.54. The zero-order valence-electron chi connectivity index (χ0n) is 14.7. The van der Waals surface area contributed by atoms with Gasteiger partial charge in [0, 0.05) is 10.2 Å². The second-order valence-electron chi connectivity index (χ2n) is 6.39. The highest BCUT2D eigenvalue weighted by Gasteiger charge is 2.35. The van der Waals surface area contributed by atoms with E-state index < -0.39 is 34.4 Å². The highest BCUT2D eigenvalue weighted by molar-refractivity contribution is 9.10. The van der Waals surface area contributed by atoms with Crippen LogP contribution in [0, 0.1) is 0 Å². The van der Waals surface area contributed by atoms with Crippen LogP contribution in [0.4, 0.5) is 5.69 Å². The van der Waals surface area contributed by atoms with E-state index in [4.69, 9.17) is 4.74 Å². The number of para-hydroxylation sites is 1. The number of anilines is 1. The van der Waals surface area contributed by atoms with Crippen LogP contribution in [-0.2, 0) is 19.4 Å². The minimum atomic E-state index is -3.21. The molecule has 9 heteroatoms. The first-order valence-electron chi connectivity index (χ1n) is 8.50. The molecule has 1 aliphatic rings. The van der Waals surface area contributed by atoms with Crippen molar-refractivity contribution in [1.82, 2.24) is 0 Å². The van der Waals surface area contributed by atoms with E-state index in [0.29, 0.717) is 16.6 Å². The van der Waals surface area contributed by atoms with E-state index in [2.05, 4.69) is 15.9 Å². The van der Waals surface area contributed by atoms with Gasteiger partial charge in [0.2, 0.25) is 0 Å². The number of hydrogen-bond acceptors (Lipinski definition) is 6. The fourth-order valence-corrected chi connectivity index (χ4v) is 5.13. The number of aromatic hydroxyl groups is 1. The molecule has 1 N–H and O–H groups in total. The number of benzene rings is 2. The summed E-state index contributed by atoms with van der Waals surface area (Å²) in [6, 6.07) is 12.4. The number of hydrogen-bond donors (Lipinski definition) is 1. The molecular formula is C19H18BrNO6S. The van der Waals surface area contributed by atoms with Crippen molar-refractivity contribution in [3.63, 3.8) is 0 Å². The van der Waals surface area contributed by atoms with E-state index in [1.807, 2.05) is 0 Å². The lowest BCUT2D eigenvalue weighted by Gasteiger charge is -2.28. The standard InChI is InChI=1S/C19H18BrNO6S/c20-13-6-7-17(22)16(10-13)19(24)27-11-18(23)21(14-4-2-1-3-5-14)15-8-9-28(25,26)12-15/h1-7,10,15,22H,8-9,11-12H2/t15-/m0/s1. The molecule has 0 bridgehead atoms. The number of nitrogens with zero attached hydrogens (tertiary/aromatic N) is 1. The Kier molecular flexibility index (Phi) is 6.04. The van der Waals surface area contributed by atoms with Crippen LogP contribution >= 0.6 is 15.9 Å². The largest absolute Gasteiger partial charge is 0.507 e. The van der Waals surface area contributed by atoms with Gasteiger partial charge in [-0.3, -0.25) is 4.79 Å². The highest BCUT2D eigenvalue weighted by atomic mass is 79.9. The SMILES string of the molecule is O=C(OCC(=O)N(c1ccccc1)[C@H]1CCS(=O)(=O)C1)c1cc(Br)ccc1O. The van der Waals surface area contributed by atoms with Crippen molar-refractivity contribution in [2.24, 2.45) is 0 Å². The summed E-state index contributed by atoms with van der Waals surface area (Å²) < 4.78 is 29.4. The van der Waals surface area contributed by atoms with E-state index in [9.17, 15) is 23.1 Å². The molecule has 1 heterocycles. The zero-order chi connectivity index (χ0) is 20.3. The molecule has 7 nitrogen and oxygen atoms in total.